The number of anilines is 1. The molecule has 0 N–H and O–H groups in total. The van der Waals surface area contributed by atoms with Crippen molar-refractivity contribution in [3.63, 3.8) is 0 Å². The number of piperazine rings is 1. The van der Waals surface area contributed by atoms with Gasteiger partial charge < -0.3 is 9.80 Å². The summed E-state index contributed by atoms with van der Waals surface area (Å²) in [5.41, 5.74) is 0.827. The molecule has 0 saturated carbocycles. The zero-order valence-corrected chi connectivity index (χ0v) is 12.3. The Hall–Kier alpha value is -2.17. The summed E-state index contributed by atoms with van der Waals surface area (Å²) in [5.74, 6) is -0.561. The van der Waals surface area contributed by atoms with Gasteiger partial charge in [-0.15, -0.1) is 0 Å². The van der Waals surface area contributed by atoms with E-state index in [-0.39, 0.29) is 23.5 Å². The monoisotopic (exact) mass is 290 g/mol. The molecule has 1 aliphatic heterocycles. The van der Waals surface area contributed by atoms with Gasteiger partial charge in [0.2, 0.25) is 5.91 Å². The van der Waals surface area contributed by atoms with Gasteiger partial charge in [-0.05, 0) is 38.1 Å². The average Bonchev–Trinajstić information content (AvgIpc) is 2.44. The summed E-state index contributed by atoms with van der Waals surface area (Å²) in [4.78, 5) is 26.7. The molecule has 2 rings (SSSR count). The van der Waals surface area contributed by atoms with Crippen molar-refractivity contribution in [1.29, 1.82) is 0 Å². The SMILES string of the molecule is CC(=O)C=CC(=O)N1CCN(c2cccc(F)c2)CC1C. The molecule has 1 unspecified atom stereocenters. The number of allylic oxidation sites excluding steroid dienone is 1. The van der Waals surface area contributed by atoms with Gasteiger partial charge in [-0.25, -0.2) is 4.39 Å². The van der Waals surface area contributed by atoms with Crippen LogP contribution >= 0.6 is 0 Å². The molecule has 1 saturated heterocycles. The standard InChI is InChI=1S/C16H19FN2O2/c1-12-11-18(15-5-3-4-14(17)10-15)8-9-19(12)16(21)7-6-13(2)20/h3-7,10,12H,8-9,11H2,1-2H3. The minimum absolute atomic E-state index is 0.00567. The molecule has 1 fully saturated rings. The van der Waals surface area contributed by atoms with E-state index < -0.39 is 0 Å². The number of ketones is 1. The van der Waals surface area contributed by atoms with E-state index in [4.69, 9.17) is 0 Å². The van der Waals surface area contributed by atoms with E-state index in [1.54, 1.807) is 11.0 Å². The van der Waals surface area contributed by atoms with Crippen LogP contribution in [0, 0.1) is 5.82 Å². The fourth-order valence-electron chi connectivity index (χ4n) is 2.48. The van der Waals surface area contributed by atoms with Gasteiger partial charge in [0.15, 0.2) is 5.78 Å². The van der Waals surface area contributed by atoms with Crippen LogP contribution in [0.5, 0.6) is 0 Å². The molecule has 1 heterocycles. The minimum Gasteiger partial charge on any atom is -0.368 e. The summed E-state index contributed by atoms with van der Waals surface area (Å²) < 4.78 is 13.3. The Morgan fingerprint density at radius 2 is 2.05 bits per heavy atom. The number of carbonyl (C=O) groups excluding carboxylic acids is 2. The highest BCUT2D eigenvalue weighted by Gasteiger charge is 2.26. The lowest BCUT2D eigenvalue weighted by Crippen LogP contribution is -2.53. The van der Waals surface area contributed by atoms with Crippen LogP contribution in [-0.4, -0.2) is 42.3 Å². The van der Waals surface area contributed by atoms with Crippen molar-refractivity contribution in [2.75, 3.05) is 24.5 Å². The second-order valence-electron chi connectivity index (χ2n) is 5.25. The van der Waals surface area contributed by atoms with Crippen molar-refractivity contribution < 1.29 is 14.0 Å². The number of amides is 1. The molecular weight excluding hydrogens is 271 g/mol. The quantitative estimate of drug-likeness (QED) is 0.800. The zero-order chi connectivity index (χ0) is 15.4. The number of hydrogen-bond acceptors (Lipinski definition) is 3. The lowest BCUT2D eigenvalue weighted by atomic mass is 10.1. The van der Waals surface area contributed by atoms with E-state index in [1.165, 1.54) is 31.2 Å². The highest BCUT2D eigenvalue weighted by atomic mass is 19.1. The highest BCUT2D eigenvalue weighted by Crippen LogP contribution is 2.20. The maximum Gasteiger partial charge on any atom is 0.247 e. The van der Waals surface area contributed by atoms with Crippen LogP contribution in [0.2, 0.25) is 0 Å². The van der Waals surface area contributed by atoms with Crippen LogP contribution < -0.4 is 4.90 Å². The number of nitrogens with zero attached hydrogens (tertiary/aromatic N) is 2. The van der Waals surface area contributed by atoms with Crippen molar-refractivity contribution in [2.24, 2.45) is 0 Å². The van der Waals surface area contributed by atoms with Crippen LogP contribution in [0.1, 0.15) is 13.8 Å². The number of rotatable bonds is 3. The molecule has 0 aromatic heterocycles. The Kier molecular flexibility index (Phi) is 4.73. The molecule has 112 valence electrons. The van der Waals surface area contributed by atoms with Gasteiger partial charge in [-0.2, -0.15) is 0 Å². The van der Waals surface area contributed by atoms with Gasteiger partial charge in [0.05, 0.1) is 0 Å². The normalized spacial score (nSPS) is 19.1. The molecule has 1 atom stereocenters. The van der Waals surface area contributed by atoms with Crippen LogP contribution in [0.15, 0.2) is 36.4 Å². The molecule has 21 heavy (non-hydrogen) atoms. The molecule has 1 aromatic carbocycles. The van der Waals surface area contributed by atoms with E-state index in [9.17, 15) is 14.0 Å². The second kappa shape index (κ2) is 6.52. The van der Waals surface area contributed by atoms with Gasteiger partial charge in [-0.1, -0.05) is 6.07 Å². The fourth-order valence-corrected chi connectivity index (χ4v) is 2.48. The molecule has 5 heteroatoms. The third-order valence-electron chi connectivity index (χ3n) is 3.54. The van der Waals surface area contributed by atoms with Crippen molar-refractivity contribution in [2.45, 2.75) is 19.9 Å². The molecular formula is C16H19FN2O2. The topological polar surface area (TPSA) is 40.6 Å². The van der Waals surface area contributed by atoms with Crippen molar-refractivity contribution in [3.05, 3.63) is 42.2 Å². The lowest BCUT2D eigenvalue weighted by molar-refractivity contribution is -0.128. The van der Waals surface area contributed by atoms with Crippen molar-refractivity contribution >= 4 is 17.4 Å². The number of hydrogen-bond donors (Lipinski definition) is 0. The predicted molar refractivity (Wildman–Crippen MR) is 79.6 cm³/mol. The third-order valence-corrected chi connectivity index (χ3v) is 3.54. The zero-order valence-electron chi connectivity index (χ0n) is 12.3. The van der Waals surface area contributed by atoms with E-state index in [1.807, 2.05) is 13.0 Å². The molecule has 1 aliphatic rings. The number of halogens is 1. The molecule has 1 amide bonds. The molecule has 0 radical (unpaired) electrons. The van der Waals surface area contributed by atoms with Crippen LogP contribution in [0.25, 0.3) is 0 Å². The van der Waals surface area contributed by atoms with Gasteiger partial charge in [0, 0.05) is 37.4 Å². The summed E-state index contributed by atoms with van der Waals surface area (Å²) >= 11 is 0. The molecule has 0 aliphatic carbocycles. The summed E-state index contributed by atoms with van der Waals surface area (Å²) in [6.45, 7) is 5.20. The predicted octanol–water partition coefficient (Wildman–Crippen LogP) is 2.01. The molecule has 0 bridgehead atoms. The number of carbonyl (C=O) groups is 2. The Labute approximate surface area is 123 Å². The van der Waals surface area contributed by atoms with Gasteiger partial charge in [0.1, 0.15) is 5.82 Å². The summed E-state index contributed by atoms with van der Waals surface area (Å²) in [6.07, 6.45) is 2.60. The van der Waals surface area contributed by atoms with E-state index in [0.717, 1.165) is 5.69 Å². The summed E-state index contributed by atoms with van der Waals surface area (Å²) in [5, 5.41) is 0. The maximum atomic E-state index is 13.3. The molecule has 0 spiro atoms. The third kappa shape index (κ3) is 3.90. The second-order valence-corrected chi connectivity index (χ2v) is 5.25. The van der Waals surface area contributed by atoms with Crippen LogP contribution in [-0.2, 0) is 9.59 Å². The number of benzene rings is 1. The first kappa shape index (κ1) is 15.2. The van der Waals surface area contributed by atoms with Crippen molar-refractivity contribution in [1.82, 2.24) is 4.90 Å². The smallest absolute Gasteiger partial charge is 0.247 e. The van der Waals surface area contributed by atoms with Gasteiger partial charge in [-0.3, -0.25) is 9.59 Å². The summed E-state index contributed by atoms with van der Waals surface area (Å²) in [6, 6.07) is 6.47. The van der Waals surface area contributed by atoms with E-state index in [0.29, 0.717) is 19.6 Å². The van der Waals surface area contributed by atoms with Gasteiger partial charge >= 0.3 is 0 Å². The van der Waals surface area contributed by atoms with Crippen LogP contribution in [0.4, 0.5) is 10.1 Å². The summed E-state index contributed by atoms with van der Waals surface area (Å²) in [7, 11) is 0. The largest absolute Gasteiger partial charge is 0.368 e. The Balaban J connectivity index is 2.02. The highest BCUT2D eigenvalue weighted by molar-refractivity contribution is 5.96. The van der Waals surface area contributed by atoms with E-state index >= 15 is 0 Å². The maximum absolute atomic E-state index is 13.3. The lowest BCUT2D eigenvalue weighted by Gasteiger charge is -2.40. The first-order chi connectivity index (χ1) is 9.97. The Bertz CT molecular complexity index is 571. The van der Waals surface area contributed by atoms with Crippen LogP contribution in [0.3, 0.4) is 0 Å². The Morgan fingerprint density at radius 3 is 2.67 bits per heavy atom. The molecule has 1 aromatic rings. The van der Waals surface area contributed by atoms with E-state index in [2.05, 4.69) is 4.90 Å². The Morgan fingerprint density at radius 1 is 1.29 bits per heavy atom. The first-order valence-electron chi connectivity index (χ1n) is 6.97. The first-order valence-corrected chi connectivity index (χ1v) is 6.97. The van der Waals surface area contributed by atoms with Gasteiger partial charge in [0.25, 0.3) is 0 Å². The molecule has 4 nitrogen and oxygen atoms in total. The average molecular weight is 290 g/mol. The van der Waals surface area contributed by atoms with Crippen molar-refractivity contribution in [3.8, 4) is 0 Å². The minimum atomic E-state index is -0.261. The fraction of sp³-hybridized carbons (Fsp3) is 0.375.